The summed E-state index contributed by atoms with van der Waals surface area (Å²) < 4.78 is 35.0. The van der Waals surface area contributed by atoms with Gasteiger partial charge in [0.25, 0.3) is 10.2 Å². The molecule has 0 bridgehead atoms. The van der Waals surface area contributed by atoms with Crippen molar-refractivity contribution in [1.82, 2.24) is 14.0 Å². The van der Waals surface area contributed by atoms with Crippen LogP contribution in [0.5, 0.6) is 5.88 Å². The van der Waals surface area contributed by atoms with E-state index in [1.165, 1.54) is 12.8 Å². The van der Waals surface area contributed by atoms with Gasteiger partial charge in [0.2, 0.25) is 5.88 Å². The monoisotopic (exact) mass is 353 g/mol. The Labute approximate surface area is 144 Å². The van der Waals surface area contributed by atoms with E-state index < -0.39 is 10.2 Å². The number of hydrogen-bond donors (Lipinski definition) is 1. The normalized spacial score (nSPS) is 20.8. The van der Waals surface area contributed by atoms with E-state index in [1.807, 2.05) is 12.1 Å². The van der Waals surface area contributed by atoms with Crippen LogP contribution in [0.3, 0.4) is 0 Å². The molecule has 7 heteroatoms. The number of pyridine rings is 1. The molecule has 1 aromatic rings. The van der Waals surface area contributed by atoms with Gasteiger partial charge in [-0.2, -0.15) is 17.4 Å². The van der Waals surface area contributed by atoms with Crippen molar-refractivity contribution in [3.8, 4) is 5.88 Å². The zero-order valence-corrected chi connectivity index (χ0v) is 14.9. The van der Waals surface area contributed by atoms with Gasteiger partial charge in [-0.3, -0.25) is 0 Å². The SMILES string of the molecule is O=S(=O)(NCc1ccnc(OC2CCCC2)c1)N1CCCCCC1. The van der Waals surface area contributed by atoms with Crippen LogP contribution < -0.4 is 9.46 Å². The lowest BCUT2D eigenvalue weighted by atomic mass is 10.2. The van der Waals surface area contributed by atoms with Crippen molar-refractivity contribution in [3.63, 3.8) is 0 Å². The third kappa shape index (κ3) is 4.91. The van der Waals surface area contributed by atoms with Crippen LogP contribution in [0, 0.1) is 0 Å². The van der Waals surface area contributed by atoms with E-state index in [9.17, 15) is 8.42 Å². The van der Waals surface area contributed by atoms with Crippen LogP contribution in [-0.4, -0.2) is 36.9 Å². The molecule has 0 amide bonds. The summed E-state index contributed by atoms with van der Waals surface area (Å²) in [4.78, 5) is 4.24. The largest absolute Gasteiger partial charge is 0.474 e. The predicted molar refractivity (Wildman–Crippen MR) is 92.9 cm³/mol. The smallest absolute Gasteiger partial charge is 0.279 e. The molecular formula is C17H27N3O3S. The van der Waals surface area contributed by atoms with Gasteiger partial charge in [0.15, 0.2) is 0 Å². The Bertz CT molecular complexity index is 622. The van der Waals surface area contributed by atoms with Gasteiger partial charge in [-0.05, 0) is 50.2 Å². The lowest BCUT2D eigenvalue weighted by Gasteiger charge is -2.20. The summed E-state index contributed by atoms with van der Waals surface area (Å²) in [6.45, 7) is 1.49. The fraction of sp³-hybridized carbons (Fsp3) is 0.706. The standard InChI is InChI=1S/C17H27N3O3S/c21-24(22,20-11-5-1-2-6-12-20)19-14-15-9-10-18-17(13-15)23-16-7-3-4-8-16/h9-10,13,16,19H,1-8,11-12,14H2. The van der Waals surface area contributed by atoms with Crippen molar-refractivity contribution in [2.45, 2.75) is 64.0 Å². The zero-order chi connectivity index (χ0) is 16.8. The van der Waals surface area contributed by atoms with Crippen molar-refractivity contribution < 1.29 is 13.2 Å². The Kier molecular flexibility index (Phi) is 6.08. The van der Waals surface area contributed by atoms with E-state index in [1.54, 1.807) is 10.5 Å². The molecule has 1 aromatic heterocycles. The number of hydrogen-bond acceptors (Lipinski definition) is 4. The van der Waals surface area contributed by atoms with Crippen molar-refractivity contribution in [3.05, 3.63) is 23.9 Å². The predicted octanol–water partition coefficient (Wildman–Crippen LogP) is 2.61. The van der Waals surface area contributed by atoms with Crippen LogP contribution in [0.25, 0.3) is 0 Å². The molecule has 1 aliphatic carbocycles. The van der Waals surface area contributed by atoms with E-state index in [0.29, 0.717) is 19.0 Å². The summed E-state index contributed by atoms with van der Waals surface area (Å²) in [6.07, 6.45) is 10.6. The molecule has 3 rings (SSSR count). The Morgan fingerprint density at radius 2 is 1.83 bits per heavy atom. The molecule has 0 spiro atoms. The third-order valence-electron chi connectivity index (χ3n) is 4.75. The molecule has 0 unspecified atom stereocenters. The Morgan fingerprint density at radius 3 is 2.54 bits per heavy atom. The van der Waals surface area contributed by atoms with Gasteiger partial charge >= 0.3 is 0 Å². The topological polar surface area (TPSA) is 71.5 Å². The molecule has 1 N–H and O–H groups in total. The molecule has 2 fully saturated rings. The Morgan fingerprint density at radius 1 is 1.12 bits per heavy atom. The minimum atomic E-state index is -3.42. The van der Waals surface area contributed by atoms with Crippen LogP contribution >= 0.6 is 0 Å². The summed E-state index contributed by atoms with van der Waals surface area (Å²) in [6, 6.07) is 3.66. The zero-order valence-electron chi connectivity index (χ0n) is 14.1. The highest BCUT2D eigenvalue weighted by molar-refractivity contribution is 7.87. The first-order valence-corrected chi connectivity index (χ1v) is 10.4. The molecule has 1 saturated carbocycles. The fourth-order valence-corrected chi connectivity index (χ4v) is 4.62. The van der Waals surface area contributed by atoms with Gasteiger partial charge in [0.05, 0.1) is 0 Å². The minimum Gasteiger partial charge on any atom is -0.474 e. The Hall–Kier alpha value is -1.18. The van der Waals surface area contributed by atoms with Gasteiger partial charge in [-0.25, -0.2) is 4.98 Å². The van der Waals surface area contributed by atoms with E-state index >= 15 is 0 Å². The number of ether oxygens (including phenoxy) is 1. The van der Waals surface area contributed by atoms with Crippen LogP contribution in [0.15, 0.2) is 18.3 Å². The fourth-order valence-electron chi connectivity index (χ4n) is 3.35. The number of rotatable bonds is 6. The second-order valence-electron chi connectivity index (χ2n) is 6.67. The Balaban J connectivity index is 1.57. The summed E-state index contributed by atoms with van der Waals surface area (Å²) >= 11 is 0. The summed E-state index contributed by atoms with van der Waals surface area (Å²) in [7, 11) is -3.42. The van der Waals surface area contributed by atoms with Crippen molar-refractivity contribution in [1.29, 1.82) is 0 Å². The first-order valence-electron chi connectivity index (χ1n) is 9.00. The van der Waals surface area contributed by atoms with E-state index in [4.69, 9.17) is 4.74 Å². The minimum absolute atomic E-state index is 0.251. The quantitative estimate of drug-likeness (QED) is 0.853. The molecule has 24 heavy (non-hydrogen) atoms. The average Bonchev–Trinajstić information content (AvgIpc) is 2.92. The van der Waals surface area contributed by atoms with Crippen LogP contribution in [-0.2, 0) is 16.8 Å². The second kappa shape index (κ2) is 8.27. The maximum absolute atomic E-state index is 12.4. The highest BCUT2D eigenvalue weighted by atomic mass is 32.2. The first-order chi connectivity index (χ1) is 11.6. The number of aromatic nitrogens is 1. The molecule has 0 aromatic carbocycles. The molecule has 2 aliphatic rings. The number of nitrogens with one attached hydrogen (secondary N) is 1. The van der Waals surface area contributed by atoms with Gasteiger partial charge in [-0.15, -0.1) is 0 Å². The molecule has 0 atom stereocenters. The molecule has 1 aliphatic heterocycles. The van der Waals surface area contributed by atoms with Gasteiger partial charge in [0, 0.05) is 31.9 Å². The third-order valence-corrected chi connectivity index (χ3v) is 6.31. The second-order valence-corrected chi connectivity index (χ2v) is 8.42. The summed E-state index contributed by atoms with van der Waals surface area (Å²) in [5.74, 6) is 0.591. The van der Waals surface area contributed by atoms with Crippen molar-refractivity contribution in [2.24, 2.45) is 0 Å². The first kappa shape index (κ1) is 17.6. The van der Waals surface area contributed by atoms with Crippen LogP contribution in [0.4, 0.5) is 0 Å². The molecule has 0 radical (unpaired) electrons. The molecule has 134 valence electrons. The van der Waals surface area contributed by atoms with Crippen LogP contribution in [0.2, 0.25) is 0 Å². The molecule has 2 heterocycles. The van der Waals surface area contributed by atoms with Crippen molar-refractivity contribution in [2.75, 3.05) is 13.1 Å². The number of nitrogens with zero attached hydrogens (tertiary/aromatic N) is 2. The molecular weight excluding hydrogens is 326 g/mol. The van der Waals surface area contributed by atoms with Crippen LogP contribution in [0.1, 0.15) is 56.9 Å². The van der Waals surface area contributed by atoms with E-state index in [-0.39, 0.29) is 12.6 Å². The van der Waals surface area contributed by atoms with E-state index in [0.717, 1.165) is 44.1 Å². The molecule has 1 saturated heterocycles. The van der Waals surface area contributed by atoms with Gasteiger partial charge in [-0.1, -0.05) is 12.8 Å². The summed E-state index contributed by atoms with van der Waals surface area (Å²) in [5, 5.41) is 0. The summed E-state index contributed by atoms with van der Waals surface area (Å²) in [5.41, 5.74) is 0.872. The average molecular weight is 353 g/mol. The van der Waals surface area contributed by atoms with Crippen molar-refractivity contribution >= 4 is 10.2 Å². The maximum Gasteiger partial charge on any atom is 0.279 e. The lowest BCUT2D eigenvalue weighted by Crippen LogP contribution is -2.40. The maximum atomic E-state index is 12.4. The van der Waals surface area contributed by atoms with Gasteiger partial charge in [0.1, 0.15) is 6.10 Å². The van der Waals surface area contributed by atoms with E-state index in [2.05, 4.69) is 9.71 Å². The lowest BCUT2D eigenvalue weighted by molar-refractivity contribution is 0.201. The highest BCUT2D eigenvalue weighted by Crippen LogP contribution is 2.23. The highest BCUT2D eigenvalue weighted by Gasteiger charge is 2.22. The van der Waals surface area contributed by atoms with Gasteiger partial charge < -0.3 is 4.74 Å². The molecule has 6 nitrogen and oxygen atoms in total.